The number of thiophene rings is 1. The van der Waals surface area contributed by atoms with Gasteiger partial charge in [-0.05, 0) is 36.1 Å². The van der Waals surface area contributed by atoms with Crippen LogP contribution in [-0.4, -0.2) is 44.7 Å². The van der Waals surface area contributed by atoms with Crippen molar-refractivity contribution in [2.75, 3.05) is 13.1 Å². The van der Waals surface area contributed by atoms with Gasteiger partial charge in [-0.3, -0.25) is 4.79 Å². The van der Waals surface area contributed by atoms with Gasteiger partial charge in [-0.1, -0.05) is 6.07 Å². The lowest BCUT2D eigenvalue weighted by molar-refractivity contribution is -0.129. The summed E-state index contributed by atoms with van der Waals surface area (Å²) in [4.78, 5) is 19.7. The topological polar surface area (TPSA) is 58.4 Å². The highest BCUT2D eigenvalue weighted by Gasteiger charge is 2.43. The highest BCUT2D eigenvalue weighted by atomic mass is 32.1. The van der Waals surface area contributed by atoms with Gasteiger partial charge in [0.15, 0.2) is 0 Å². The minimum absolute atomic E-state index is 0.0890. The lowest BCUT2D eigenvalue weighted by atomic mass is 9.77. The van der Waals surface area contributed by atoms with Crippen LogP contribution >= 0.6 is 11.3 Å². The van der Waals surface area contributed by atoms with Crippen molar-refractivity contribution in [3.63, 3.8) is 0 Å². The number of fused-ring (bicyclic) bond motifs is 1. The van der Waals surface area contributed by atoms with Crippen LogP contribution in [0.3, 0.4) is 0 Å². The molecule has 1 aliphatic heterocycles. The van der Waals surface area contributed by atoms with Crippen LogP contribution in [0.4, 0.5) is 0 Å². The van der Waals surface area contributed by atoms with Crippen molar-refractivity contribution in [1.29, 1.82) is 0 Å². The zero-order valence-electron chi connectivity index (χ0n) is 12.9. The maximum atomic E-state index is 12.5. The molecule has 1 saturated heterocycles. The van der Waals surface area contributed by atoms with Crippen molar-refractivity contribution < 1.29 is 9.90 Å². The van der Waals surface area contributed by atoms with Gasteiger partial charge in [0.1, 0.15) is 0 Å². The summed E-state index contributed by atoms with van der Waals surface area (Å²) in [5.41, 5.74) is 0. The fourth-order valence-corrected chi connectivity index (χ4v) is 4.77. The maximum absolute atomic E-state index is 12.5. The van der Waals surface area contributed by atoms with Gasteiger partial charge in [0.05, 0.1) is 24.9 Å². The molecule has 0 radical (unpaired) electrons. The molecule has 0 spiro atoms. The van der Waals surface area contributed by atoms with Crippen molar-refractivity contribution in [3.8, 4) is 0 Å². The molecule has 0 bridgehead atoms. The predicted molar refractivity (Wildman–Crippen MR) is 88.1 cm³/mol. The Morgan fingerprint density at radius 1 is 1.35 bits per heavy atom. The van der Waals surface area contributed by atoms with Crippen LogP contribution in [0.15, 0.2) is 36.2 Å². The summed E-state index contributed by atoms with van der Waals surface area (Å²) >= 11 is 1.64. The van der Waals surface area contributed by atoms with Gasteiger partial charge in [0, 0.05) is 30.4 Å². The van der Waals surface area contributed by atoms with Crippen LogP contribution in [0.2, 0.25) is 0 Å². The van der Waals surface area contributed by atoms with Crippen LogP contribution in [0.25, 0.3) is 0 Å². The van der Waals surface area contributed by atoms with Crippen LogP contribution in [0.1, 0.15) is 23.8 Å². The van der Waals surface area contributed by atoms with Crippen molar-refractivity contribution in [3.05, 3.63) is 41.1 Å². The van der Waals surface area contributed by atoms with Crippen molar-refractivity contribution in [1.82, 2.24) is 14.5 Å². The highest BCUT2D eigenvalue weighted by molar-refractivity contribution is 7.10. The molecule has 2 aliphatic rings. The fourth-order valence-electron chi connectivity index (χ4n) is 4.07. The zero-order valence-corrected chi connectivity index (χ0v) is 13.7. The molecular formula is C17H21N3O2S. The van der Waals surface area contributed by atoms with Crippen molar-refractivity contribution in [2.45, 2.75) is 31.4 Å². The molecule has 1 N–H and O–H groups in total. The van der Waals surface area contributed by atoms with Gasteiger partial charge in [-0.25, -0.2) is 4.98 Å². The summed E-state index contributed by atoms with van der Waals surface area (Å²) in [6.07, 6.45) is 7.31. The molecule has 0 unspecified atom stereocenters. The van der Waals surface area contributed by atoms with Crippen LogP contribution < -0.4 is 0 Å². The van der Waals surface area contributed by atoms with E-state index in [0.29, 0.717) is 18.3 Å². The largest absolute Gasteiger partial charge is 0.391 e. The van der Waals surface area contributed by atoms with Gasteiger partial charge in [0.25, 0.3) is 0 Å². The van der Waals surface area contributed by atoms with Crippen LogP contribution in [0.5, 0.6) is 0 Å². The number of hydrogen-bond donors (Lipinski definition) is 1. The highest BCUT2D eigenvalue weighted by Crippen LogP contribution is 2.41. The minimum atomic E-state index is -0.349. The quantitative estimate of drug-likeness (QED) is 0.935. The molecule has 0 aromatic carbocycles. The smallest absolute Gasteiger partial charge is 0.227 e. The van der Waals surface area contributed by atoms with Gasteiger partial charge >= 0.3 is 0 Å². The van der Waals surface area contributed by atoms with E-state index in [1.807, 2.05) is 33.2 Å². The number of carbonyl (C=O) groups is 1. The Hall–Kier alpha value is -1.66. The second kappa shape index (κ2) is 6.09. The number of aromatic nitrogens is 2. The zero-order chi connectivity index (χ0) is 15.8. The first kappa shape index (κ1) is 14.9. The third kappa shape index (κ3) is 2.93. The Bertz CT molecular complexity index is 655. The number of rotatable bonds is 3. The maximum Gasteiger partial charge on any atom is 0.227 e. The molecule has 3 heterocycles. The van der Waals surface area contributed by atoms with E-state index in [9.17, 15) is 9.90 Å². The van der Waals surface area contributed by atoms with Crippen molar-refractivity contribution in [2.24, 2.45) is 11.8 Å². The first-order chi connectivity index (χ1) is 11.2. The molecule has 2 fully saturated rings. The van der Waals surface area contributed by atoms with E-state index in [0.717, 1.165) is 30.8 Å². The molecule has 1 saturated carbocycles. The average Bonchev–Trinajstić information content (AvgIpc) is 3.27. The summed E-state index contributed by atoms with van der Waals surface area (Å²) in [5, 5.41) is 12.5. The summed E-state index contributed by atoms with van der Waals surface area (Å²) in [6, 6.07) is 4.10. The van der Waals surface area contributed by atoms with Gasteiger partial charge in [-0.2, -0.15) is 0 Å². The van der Waals surface area contributed by atoms with Gasteiger partial charge < -0.3 is 14.6 Å². The molecule has 4 atom stereocenters. The Morgan fingerprint density at radius 2 is 2.17 bits per heavy atom. The van der Waals surface area contributed by atoms with E-state index >= 15 is 0 Å². The molecule has 5 nitrogen and oxygen atoms in total. The SMILES string of the molecule is O=C(Cc1cccs1)N1C[C@H]2C[C@@H](n3ccnc3)[C@H](O)C[C@H]2C1. The second-order valence-electron chi connectivity index (χ2n) is 6.69. The third-order valence-electron chi connectivity index (χ3n) is 5.28. The van der Waals surface area contributed by atoms with Crippen LogP contribution in [0, 0.1) is 11.8 Å². The number of aliphatic hydroxyl groups is 1. The molecule has 1 aliphatic carbocycles. The fraction of sp³-hybridized carbons (Fsp3) is 0.529. The summed E-state index contributed by atoms with van der Waals surface area (Å²) in [5.74, 6) is 1.13. The molecule has 2 aromatic rings. The molecule has 23 heavy (non-hydrogen) atoms. The Kier molecular flexibility index (Phi) is 3.95. The van der Waals surface area contributed by atoms with Gasteiger partial charge in [-0.15, -0.1) is 11.3 Å². The molecule has 2 aromatic heterocycles. The Balaban J connectivity index is 1.42. The normalized spacial score (nSPS) is 30.4. The number of nitrogens with zero attached hydrogens (tertiary/aromatic N) is 3. The number of likely N-dealkylation sites (tertiary alicyclic amines) is 1. The van der Waals surface area contributed by atoms with Crippen LogP contribution in [-0.2, 0) is 11.2 Å². The number of aliphatic hydroxyl groups excluding tert-OH is 1. The monoisotopic (exact) mass is 331 g/mol. The summed E-state index contributed by atoms with van der Waals surface area (Å²) in [6.45, 7) is 1.62. The molecule has 4 rings (SSSR count). The number of carbonyl (C=O) groups excluding carboxylic acids is 1. The van der Waals surface area contributed by atoms with E-state index in [1.54, 1.807) is 23.9 Å². The van der Waals surface area contributed by atoms with E-state index in [-0.39, 0.29) is 18.1 Å². The first-order valence-corrected chi connectivity index (χ1v) is 9.04. The Morgan fingerprint density at radius 3 is 2.87 bits per heavy atom. The van der Waals surface area contributed by atoms with E-state index < -0.39 is 0 Å². The molecule has 1 amide bonds. The summed E-state index contributed by atoms with van der Waals surface area (Å²) < 4.78 is 2.01. The second-order valence-corrected chi connectivity index (χ2v) is 7.72. The minimum Gasteiger partial charge on any atom is -0.391 e. The van der Waals surface area contributed by atoms with E-state index in [4.69, 9.17) is 0 Å². The lowest BCUT2D eigenvalue weighted by Gasteiger charge is -2.35. The predicted octanol–water partition coefficient (Wildman–Crippen LogP) is 1.96. The van der Waals surface area contributed by atoms with Crippen molar-refractivity contribution >= 4 is 17.2 Å². The van der Waals surface area contributed by atoms with Gasteiger partial charge in [0.2, 0.25) is 5.91 Å². The molecular weight excluding hydrogens is 310 g/mol. The number of amides is 1. The number of hydrogen-bond acceptors (Lipinski definition) is 4. The third-order valence-corrected chi connectivity index (χ3v) is 6.15. The lowest BCUT2D eigenvalue weighted by Crippen LogP contribution is -2.35. The number of imidazole rings is 1. The van der Waals surface area contributed by atoms with E-state index in [2.05, 4.69) is 4.98 Å². The first-order valence-electron chi connectivity index (χ1n) is 8.16. The Labute approximate surface area is 139 Å². The standard InChI is InChI=1S/C17H21N3O2S/c21-16-7-13-10-20(17(22)8-14-2-1-5-23-14)9-12(13)6-15(16)19-4-3-18-11-19/h1-5,11-13,15-16,21H,6-10H2/t12-,13+,15-,16-/m1/s1. The molecule has 122 valence electrons. The summed E-state index contributed by atoms with van der Waals surface area (Å²) in [7, 11) is 0. The van der Waals surface area contributed by atoms with E-state index in [1.165, 1.54) is 0 Å². The average molecular weight is 331 g/mol. The molecule has 6 heteroatoms.